The van der Waals surface area contributed by atoms with E-state index in [-0.39, 0.29) is 18.9 Å². The molecule has 9 heteroatoms. The molecule has 0 unspecified atom stereocenters. The molecule has 0 radical (unpaired) electrons. The van der Waals surface area contributed by atoms with Gasteiger partial charge in [-0.3, -0.25) is 4.79 Å². The minimum absolute atomic E-state index is 0.0713. The molecule has 0 saturated carbocycles. The predicted molar refractivity (Wildman–Crippen MR) is 157 cm³/mol. The van der Waals surface area contributed by atoms with Crippen LogP contribution in [0, 0.1) is 12.8 Å². The summed E-state index contributed by atoms with van der Waals surface area (Å²) in [5, 5.41) is 18.5. The number of carboxylic acids is 1. The van der Waals surface area contributed by atoms with Gasteiger partial charge in [0.1, 0.15) is 5.52 Å². The highest BCUT2D eigenvalue weighted by atomic mass is 32.2. The monoisotopic (exact) mass is 572 g/mol. The lowest BCUT2D eigenvalue weighted by Crippen LogP contribution is -2.33. The summed E-state index contributed by atoms with van der Waals surface area (Å²) < 4.78 is 31.3. The molecule has 1 N–H and O–H groups in total. The first kappa shape index (κ1) is 27.6. The normalized spacial score (nSPS) is 19.0. The highest BCUT2D eigenvalue weighted by Gasteiger charge is 2.34. The molecule has 0 spiro atoms. The molecule has 1 aliphatic heterocycles. The molecule has 2 aliphatic rings. The van der Waals surface area contributed by atoms with Crippen molar-refractivity contribution in [2.45, 2.75) is 69.7 Å². The molecule has 1 aromatic heterocycles. The minimum Gasteiger partial charge on any atom is -0.481 e. The topological polar surface area (TPSA) is 105 Å². The summed E-state index contributed by atoms with van der Waals surface area (Å²) >= 11 is 0. The van der Waals surface area contributed by atoms with E-state index >= 15 is 0 Å². The van der Waals surface area contributed by atoms with Gasteiger partial charge in [0.15, 0.2) is 0 Å². The second-order valence-corrected chi connectivity index (χ2v) is 13.5. The van der Waals surface area contributed by atoms with Crippen LogP contribution in [0.4, 0.5) is 0 Å². The van der Waals surface area contributed by atoms with Crippen LogP contribution in [0.5, 0.6) is 0 Å². The van der Waals surface area contributed by atoms with Gasteiger partial charge in [0, 0.05) is 26.1 Å². The van der Waals surface area contributed by atoms with E-state index in [9.17, 15) is 18.3 Å². The summed E-state index contributed by atoms with van der Waals surface area (Å²) in [4.78, 5) is 12.6. The van der Waals surface area contributed by atoms with Gasteiger partial charge in [-0.05, 0) is 89.6 Å². The molecule has 0 amide bonds. The van der Waals surface area contributed by atoms with Gasteiger partial charge >= 0.3 is 5.97 Å². The zero-order valence-electron chi connectivity index (χ0n) is 23.8. The van der Waals surface area contributed by atoms with Crippen molar-refractivity contribution in [3.05, 3.63) is 87.5 Å². The van der Waals surface area contributed by atoms with Gasteiger partial charge in [0.2, 0.25) is 10.0 Å². The Bertz CT molecular complexity index is 1760. The van der Waals surface area contributed by atoms with Crippen molar-refractivity contribution in [2.24, 2.45) is 13.0 Å². The summed E-state index contributed by atoms with van der Waals surface area (Å²) in [5.41, 5.74) is 8.69. The molecule has 8 nitrogen and oxygen atoms in total. The molecule has 2 atom stereocenters. The fourth-order valence-electron chi connectivity index (χ4n) is 6.81. The van der Waals surface area contributed by atoms with Crippen molar-refractivity contribution < 1.29 is 18.3 Å². The molecule has 3 aromatic carbocycles. The van der Waals surface area contributed by atoms with Crippen LogP contribution < -0.4 is 0 Å². The third-order valence-corrected chi connectivity index (χ3v) is 11.0. The van der Waals surface area contributed by atoms with E-state index in [0.717, 1.165) is 71.0 Å². The van der Waals surface area contributed by atoms with Crippen LogP contribution in [0.15, 0.2) is 53.4 Å². The lowest BCUT2D eigenvalue weighted by molar-refractivity contribution is -0.137. The summed E-state index contributed by atoms with van der Waals surface area (Å²) in [6, 6.07) is 15.5. The molecule has 0 fully saturated rings. The molecule has 4 aromatic rings. The number of sulfonamides is 1. The minimum atomic E-state index is -3.69. The van der Waals surface area contributed by atoms with E-state index in [4.69, 9.17) is 0 Å². The lowest BCUT2D eigenvalue weighted by atomic mass is 9.83. The number of aliphatic carboxylic acids is 1. The van der Waals surface area contributed by atoms with Crippen molar-refractivity contribution in [1.29, 1.82) is 0 Å². The number of fused-ring (bicyclic) bond motifs is 3. The lowest BCUT2D eigenvalue weighted by Gasteiger charge is -2.26. The maximum atomic E-state index is 14.0. The van der Waals surface area contributed by atoms with Crippen molar-refractivity contribution in [1.82, 2.24) is 19.3 Å². The van der Waals surface area contributed by atoms with E-state index in [1.54, 1.807) is 21.1 Å². The molecule has 0 bridgehead atoms. The van der Waals surface area contributed by atoms with Crippen LogP contribution in [-0.2, 0) is 47.7 Å². The number of nitrogens with zero attached hydrogens (tertiary/aromatic N) is 4. The first-order valence-electron chi connectivity index (χ1n) is 14.4. The number of hydrogen-bond acceptors (Lipinski definition) is 5. The molecule has 6 rings (SSSR count). The van der Waals surface area contributed by atoms with Crippen LogP contribution in [0.3, 0.4) is 0 Å². The summed E-state index contributed by atoms with van der Waals surface area (Å²) in [6.45, 7) is 4.84. The van der Waals surface area contributed by atoms with Gasteiger partial charge in [-0.1, -0.05) is 55.0 Å². The van der Waals surface area contributed by atoms with E-state index in [1.807, 2.05) is 38.2 Å². The fraction of sp³-hybridized carbons (Fsp3) is 0.406. The number of carbonyl (C=O) groups is 1. The fourth-order valence-corrected chi connectivity index (χ4v) is 8.54. The second kappa shape index (κ2) is 10.7. The average molecular weight is 573 g/mol. The Morgan fingerprint density at radius 3 is 2.71 bits per heavy atom. The van der Waals surface area contributed by atoms with E-state index in [0.29, 0.717) is 11.4 Å². The van der Waals surface area contributed by atoms with Gasteiger partial charge in [-0.2, -0.15) is 4.31 Å². The molecule has 1 aliphatic carbocycles. The van der Waals surface area contributed by atoms with Crippen molar-refractivity contribution >= 4 is 27.0 Å². The highest BCUT2D eigenvalue weighted by molar-refractivity contribution is 7.89. The third-order valence-electron chi connectivity index (χ3n) is 9.05. The van der Waals surface area contributed by atoms with Crippen LogP contribution in [0.1, 0.15) is 71.0 Å². The maximum absolute atomic E-state index is 14.0. The number of carboxylic acid groups (broad SMARTS) is 1. The third kappa shape index (κ3) is 4.95. The average Bonchev–Trinajstić information content (AvgIpc) is 3.56. The maximum Gasteiger partial charge on any atom is 0.304 e. The van der Waals surface area contributed by atoms with Crippen molar-refractivity contribution in [3.8, 4) is 0 Å². The van der Waals surface area contributed by atoms with Crippen LogP contribution in [-0.4, -0.2) is 45.3 Å². The summed E-state index contributed by atoms with van der Waals surface area (Å²) in [5.74, 6) is -1.05. The van der Waals surface area contributed by atoms with E-state index in [1.165, 1.54) is 11.1 Å². The van der Waals surface area contributed by atoms with Crippen molar-refractivity contribution in [3.63, 3.8) is 0 Å². The smallest absolute Gasteiger partial charge is 0.304 e. The number of hydrogen-bond donors (Lipinski definition) is 1. The Kier molecular flexibility index (Phi) is 7.20. The molecular formula is C32H36N4O4S. The summed E-state index contributed by atoms with van der Waals surface area (Å²) in [7, 11) is -1.85. The Morgan fingerprint density at radius 2 is 1.93 bits per heavy atom. The Morgan fingerprint density at radius 1 is 1.12 bits per heavy atom. The largest absolute Gasteiger partial charge is 0.481 e. The highest BCUT2D eigenvalue weighted by Crippen LogP contribution is 2.38. The Balaban J connectivity index is 1.45. The number of benzene rings is 3. The number of rotatable bonds is 7. The van der Waals surface area contributed by atoms with Gasteiger partial charge in [0.05, 0.1) is 16.8 Å². The molecule has 214 valence electrons. The first-order chi connectivity index (χ1) is 19.7. The molecule has 2 heterocycles. The molecule has 0 saturated heterocycles. The van der Waals surface area contributed by atoms with Crippen molar-refractivity contribution in [2.75, 3.05) is 6.54 Å². The number of aryl methyl sites for hydroxylation is 3. The van der Waals surface area contributed by atoms with Gasteiger partial charge in [-0.15, -0.1) is 5.10 Å². The van der Waals surface area contributed by atoms with Crippen LogP contribution in [0.25, 0.3) is 11.0 Å². The Labute approximate surface area is 241 Å². The van der Waals surface area contributed by atoms with Gasteiger partial charge < -0.3 is 5.11 Å². The number of aromatic nitrogens is 3. The first-order valence-corrected chi connectivity index (χ1v) is 15.8. The zero-order chi connectivity index (χ0) is 28.9. The predicted octanol–water partition coefficient (Wildman–Crippen LogP) is 5.15. The van der Waals surface area contributed by atoms with Gasteiger partial charge in [-0.25, -0.2) is 13.1 Å². The molecular weight excluding hydrogens is 536 g/mol. The second-order valence-electron chi connectivity index (χ2n) is 11.6. The van der Waals surface area contributed by atoms with Crippen LogP contribution >= 0.6 is 0 Å². The SMILES string of the molecule is CC[C@@H]1Cc2ccccc2S(=O)(=O)N(Cc2cc([C@@H](CC(=O)O)c3ccc4c(nnn4C)c3C)cc3c2CCC3)C1. The van der Waals surface area contributed by atoms with Crippen LogP contribution in [0.2, 0.25) is 0 Å². The van der Waals surface area contributed by atoms with E-state index in [2.05, 4.69) is 29.4 Å². The zero-order valence-corrected chi connectivity index (χ0v) is 24.6. The van der Waals surface area contributed by atoms with Gasteiger partial charge in [0.25, 0.3) is 0 Å². The standard InChI is InChI=1S/C32H36N4O4S/c1-4-21-14-23-8-5-6-11-30(23)41(39,40)36(18-21)19-25-16-24(15-22-9-7-10-27(22)25)28(17-31(37)38)26-12-13-29-32(20(26)2)33-34-35(29)3/h5-6,8,11-13,15-16,21,28H,4,7,9-10,14,17-19H2,1-3H3,(H,37,38)/t21-,28-/m1/s1. The quantitative estimate of drug-likeness (QED) is 0.329. The summed E-state index contributed by atoms with van der Waals surface area (Å²) in [6.07, 6.45) is 4.38. The Hall–Kier alpha value is -3.56. The van der Waals surface area contributed by atoms with E-state index < -0.39 is 21.9 Å². The molecule has 41 heavy (non-hydrogen) atoms.